The Bertz CT molecular complexity index is 2750. The van der Waals surface area contributed by atoms with Crippen molar-refractivity contribution >= 4 is 39.5 Å². The lowest BCUT2D eigenvalue weighted by atomic mass is 10.1. The van der Waals surface area contributed by atoms with Gasteiger partial charge in [0.15, 0.2) is 12.2 Å². The van der Waals surface area contributed by atoms with E-state index in [1.165, 1.54) is 38.5 Å². The fourth-order valence-corrected chi connectivity index (χ4v) is 12.4. The van der Waals surface area contributed by atoms with Crippen LogP contribution in [0, 0.1) is 0 Å². The number of phosphoric ester groups is 2. The van der Waals surface area contributed by atoms with Gasteiger partial charge in [0.05, 0.1) is 26.4 Å². The summed E-state index contributed by atoms with van der Waals surface area (Å²) in [5.74, 6) is -2.27. The van der Waals surface area contributed by atoms with Crippen molar-refractivity contribution in [2.75, 3.05) is 39.6 Å². The molecular weight excluding hydrogens is 1430 g/mol. The Labute approximate surface area is 667 Å². The van der Waals surface area contributed by atoms with Crippen LogP contribution in [0.3, 0.4) is 0 Å². The lowest BCUT2D eigenvalue weighted by molar-refractivity contribution is -0.161. The highest BCUT2D eigenvalue weighted by molar-refractivity contribution is 7.47. The van der Waals surface area contributed by atoms with Crippen LogP contribution in [0.25, 0.3) is 0 Å². The third kappa shape index (κ3) is 80.5. The zero-order valence-electron chi connectivity index (χ0n) is 68.6. The Morgan fingerprint density at radius 3 is 0.745 bits per heavy atom. The van der Waals surface area contributed by atoms with Crippen molar-refractivity contribution in [1.29, 1.82) is 0 Å². The van der Waals surface area contributed by atoms with Gasteiger partial charge in [0.1, 0.15) is 19.3 Å². The molecule has 626 valence electrons. The van der Waals surface area contributed by atoms with Crippen LogP contribution in [0.4, 0.5) is 0 Å². The molecule has 0 rings (SSSR count). The molecule has 0 amide bonds. The molecule has 0 saturated carbocycles. The molecule has 0 bridgehead atoms. The van der Waals surface area contributed by atoms with Crippen molar-refractivity contribution in [2.45, 2.75) is 341 Å². The second kappa shape index (κ2) is 81.4. The van der Waals surface area contributed by atoms with E-state index < -0.39 is 97.5 Å². The molecule has 0 aliphatic rings. The number of aliphatic hydroxyl groups is 1. The molecule has 110 heavy (non-hydrogen) atoms. The zero-order valence-corrected chi connectivity index (χ0v) is 70.4. The largest absolute Gasteiger partial charge is 0.472 e. The van der Waals surface area contributed by atoms with E-state index in [-0.39, 0.29) is 25.7 Å². The third-order valence-electron chi connectivity index (χ3n) is 17.2. The van der Waals surface area contributed by atoms with Crippen LogP contribution >= 0.6 is 15.6 Å². The number of ether oxygens (including phenoxy) is 4. The number of unbranched alkanes of at least 4 members (excludes halogenated alkanes) is 24. The van der Waals surface area contributed by atoms with E-state index in [1.54, 1.807) is 0 Å². The number of phosphoric acid groups is 2. The molecular formula is C91H150O17P2. The van der Waals surface area contributed by atoms with Crippen LogP contribution < -0.4 is 0 Å². The fourth-order valence-electron chi connectivity index (χ4n) is 10.8. The third-order valence-corrected chi connectivity index (χ3v) is 19.1. The number of carbonyl (C=O) groups excluding carboxylic acids is 4. The summed E-state index contributed by atoms with van der Waals surface area (Å²) in [6, 6.07) is 0. The van der Waals surface area contributed by atoms with Crippen molar-refractivity contribution in [2.24, 2.45) is 0 Å². The number of aliphatic hydroxyl groups excluding tert-OH is 1. The summed E-state index contributed by atoms with van der Waals surface area (Å²) in [6.07, 6.45) is 97.4. The number of allylic oxidation sites excluding steroid dienone is 28. The highest BCUT2D eigenvalue weighted by Crippen LogP contribution is 2.45. The van der Waals surface area contributed by atoms with Crippen molar-refractivity contribution in [1.82, 2.24) is 0 Å². The standard InChI is InChI=1S/C91H150O17P2/c1-5-9-13-17-21-25-29-33-37-40-42-45-49-52-56-60-64-68-72-76-89(94)102-82-87(108-91(96)78-74-70-66-62-58-54-50-46-43-41-38-34-30-26-22-18-14-10-6-2)84-106-110(99,100)104-80-85(92)79-103-109(97,98)105-83-86(107-90(95)77-73-69-65-61-57-53-47-36-32-28-24-20-16-12-8-4)81-101-88(93)75-71-67-63-59-55-51-48-44-39-35-31-27-23-19-15-11-7-3/h9-11,13-15,21-23,25-27,33-39,42-43,45-48,51-52,56,85-87,92H,5-8,12,16-20,24,28-32,40-41,44,49-50,53-55,57-84H2,1-4H3,(H,97,98)(H,99,100)/b13-9-,14-10-,15-11-,25-21-,26-22-,27-23-,37-33-,38-34-,39-35-,45-42-,46-43-,47-36-,51-48-,56-52-. The minimum Gasteiger partial charge on any atom is -0.462 e. The summed E-state index contributed by atoms with van der Waals surface area (Å²) in [4.78, 5) is 73.3. The van der Waals surface area contributed by atoms with Gasteiger partial charge in [-0.3, -0.25) is 37.3 Å². The number of carbonyl (C=O) groups is 4. The first kappa shape index (κ1) is 104. The van der Waals surface area contributed by atoms with Crippen molar-refractivity contribution in [3.05, 3.63) is 170 Å². The molecule has 0 aliphatic heterocycles. The Morgan fingerprint density at radius 2 is 0.473 bits per heavy atom. The maximum absolute atomic E-state index is 13.1. The molecule has 17 nitrogen and oxygen atoms in total. The zero-order chi connectivity index (χ0) is 80.3. The molecule has 0 heterocycles. The van der Waals surface area contributed by atoms with Crippen molar-refractivity contribution in [3.8, 4) is 0 Å². The van der Waals surface area contributed by atoms with Gasteiger partial charge in [-0.25, -0.2) is 9.13 Å². The monoisotopic (exact) mass is 1580 g/mol. The highest BCUT2D eigenvalue weighted by atomic mass is 31.2. The Balaban J connectivity index is 5.47. The van der Waals surface area contributed by atoms with E-state index in [9.17, 15) is 43.2 Å². The quantitative estimate of drug-likeness (QED) is 0.0169. The van der Waals surface area contributed by atoms with E-state index in [0.717, 1.165) is 205 Å². The van der Waals surface area contributed by atoms with Crippen LogP contribution in [0.5, 0.6) is 0 Å². The van der Waals surface area contributed by atoms with Gasteiger partial charge in [-0.1, -0.05) is 294 Å². The number of esters is 4. The van der Waals surface area contributed by atoms with Crippen LogP contribution in [-0.2, 0) is 65.4 Å². The van der Waals surface area contributed by atoms with Gasteiger partial charge in [-0.05, 0) is 173 Å². The summed E-state index contributed by atoms with van der Waals surface area (Å²) in [5, 5.41) is 10.7. The van der Waals surface area contributed by atoms with Crippen molar-refractivity contribution < 1.29 is 80.2 Å². The lowest BCUT2D eigenvalue weighted by Gasteiger charge is -2.21. The molecule has 5 unspecified atom stereocenters. The first-order valence-corrected chi connectivity index (χ1v) is 45.4. The number of rotatable bonds is 78. The van der Waals surface area contributed by atoms with Gasteiger partial charge in [-0.15, -0.1) is 0 Å². The first-order valence-electron chi connectivity index (χ1n) is 42.4. The molecule has 0 aromatic carbocycles. The molecule has 0 fully saturated rings. The van der Waals surface area contributed by atoms with Crippen LogP contribution in [0.15, 0.2) is 170 Å². The lowest BCUT2D eigenvalue weighted by Crippen LogP contribution is -2.30. The second-order valence-corrected chi connectivity index (χ2v) is 30.5. The molecule has 0 spiro atoms. The van der Waals surface area contributed by atoms with E-state index in [1.807, 2.05) is 0 Å². The molecule has 0 aromatic heterocycles. The predicted molar refractivity (Wildman–Crippen MR) is 454 cm³/mol. The molecule has 0 aliphatic carbocycles. The average Bonchev–Trinajstić information content (AvgIpc) is 0.900. The predicted octanol–water partition coefficient (Wildman–Crippen LogP) is 25.3. The minimum atomic E-state index is -5.00. The summed E-state index contributed by atoms with van der Waals surface area (Å²) in [5.41, 5.74) is 0. The van der Waals surface area contributed by atoms with E-state index >= 15 is 0 Å². The molecule has 0 radical (unpaired) electrons. The molecule has 0 aromatic rings. The summed E-state index contributed by atoms with van der Waals surface area (Å²) in [7, 11) is -10.0. The molecule has 0 saturated heterocycles. The van der Waals surface area contributed by atoms with Gasteiger partial charge < -0.3 is 33.8 Å². The van der Waals surface area contributed by atoms with Gasteiger partial charge in [0.25, 0.3) is 0 Å². The summed E-state index contributed by atoms with van der Waals surface area (Å²) >= 11 is 0. The number of hydrogen-bond donors (Lipinski definition) is 3. The van der Waals surface area contributed by atoms with Gasteiger partial charge in [0.2, 0.25) is 0 Å². The minimum absolute atomic E-state index is 0.0644. The first-order chi connectivity index (χ1) is 53.7. The summed E-state index contributed by atoms with van der Waals surface area (Å²) < 4.78 is 68.8. The van der Waals surface area contributed by atoms with E-state index in [0.29, 0.717) is 25.7 Å². The number of hydrogen-bond acceptors (Lipinski definition) is 15. The van der Waals surface area contributed by atoms with E-state index in [2.05, 4.69) is 198 Å². The van der Waals surface area contributed by atoms with Crippen LogP contribution in [0.2, 0.25) is 0 Å². The maximum Gasteiger partial charge on any atom is 0.472 e. The average molecular weight is 1580 g/mol. The van der Waals surface area contributed by atoms with E-state index in [4.69, 9.17) is 37.0 Å². The van der Waals surface area contributed by atoms with Gasteiger partial charge >= 0.3 is 39.5 Å². The normalized spacial score (nSPS) is 14.6. The Kier molecular flexibility index (Phi) is 77.3. The van der Waals surface area contributed by atoms with Crippen LogP contribution in [-0.4, -0.2) is 96.7 Å². The SMILES string of the molecule is CC/C=C\C/C=C\C/C=C\C/C=C\C/C=C\CCCCCC(=O)OCC(COP(=O)(O)OCC(O)COP(=O)(O)OCC(COC(=O)CCCCCC/C=C\C/C=C\C/C=C\C/C=C\CC)OC(=O)CCCCCCC/C=C\CCCCCCCC)OC(=O)CCCCCCCC/C=C\C/C=C\C/C=C\C/C=C\CC. The maximum atomic E-state index is 13.1. The Hall–Kier alpha value is -5.58. The Morgan fingerprint density at radius 1 is 0.264 bits per heavy atom. The molecule has 3 N–H and O–H groups in total. The second-order valence-electron chi connectivity index (χ2n) is 27.6. The molecule has 19 heteroatoms. The highest BCUT2D eigenvalue weighted by Gasteiger charge is 2.30. The molecule has 5 atom stereocenters. The van der Waals surface area contributed by atoms with Gasteiger partial charge in [-0.2, -0.15) is 0 Å². The summed E-state index contributed by atoms with van der Waals surface area (Å²) in [6.45, 7) is 4.46. The van der Waals surface area contributed by atoms with Crippen molar-refractivity contribution in [3.63, 3.8) is 0 Å². The fraction of sp³-hybridized carbons (Fsp3) is 0.648. The topological polar surface area (TPSA) is 237 Å². The van der Waals surface area contributed by atoms with Gasteiger partial charge in [0, 0.05) is 25.7 Å². The smallest absolute Gasteiger partial charge is 0.462 e. The van der Waals surface area contributed by atoms with Crippen LogP contribution in [0.1, 0.15) is 323 Å².